The molecule has 2 aromatic rings. The molecule has 0 aliphatic heterocycles. The molecule has 0 saturated heterocycles. The van der Waals surface area contributed by atoms with E-state index in [-0.39, 0.29) is 5.56 Å². The van der Waals surface area contributed by atoms with Crippen LogP contribution in [0.5, 0.6) is 0 Å². The Morgan fingerprint density at radius 3 is 3.00 bits per heavy atom. The van der Waals surface area contributed by atoms with Crippen molar-refractivity contribution in [2.75, 3.05) is 37.7 Å². The first kappa shape index (κ1) is 13.4. The molecule has 4 N–H and O–H groups in total. The summed E-state index contributed by atoms with van der Waals surface area (Å²) in [6, 6.07) is 5.13. The summed E-state index contributed by atoms with van der Waals surface area (Å²) >= 11 is 0. The highest BCUT2D eigenvalue weighted by molar-refractivity contribution is 5.81. The fourth-order valence-electron chi connectivity index (χ4n) is 1.76. The Morgan fingerprint density at radius 1 is 1.47 bits per heavy atom. The third kappa shape index (κ3) is 3.23. The van der Waals surface area contributed by atoms with Crippen molar-refractivity contribution in [3.63, 3.8) is 0 Å². The molecule has 0 spiro atoms. The predicted molar refractivity (Wildman–Crippen MR) is 78.4 cm³/mol. The first-order valence-corrected chi connectivity index (χ1v) is 6.32. The minimum absolute atomic E-state index is 0.177. The summed E-state index contributed by atoms with van der Waals surface area (Å²) in [5.41, 5.74) is 6.68. The normalized spacial score (nSPS) is 11.1. The van der Waals surface area contributed by atoms with Crippen LogP contribution in [0.3, 0.4) is 0 Å². The van der Waals surface area contributed by atoms with Crippen LogP contribution in [0.25, 0.3) is 10.9 Å². The van der Waals surface area contributed by atoms with Crippen LogP contribution >= 0.6 is 0 Å². The van der Waals surface area contributed by atoms with Gasteiger partial charge in [0.25, 0.3) is 5.56 Å². The highest BCUT2D eigenvalue weighted by Crippen LogP contribution is 2.12. The van der Waals surface area contributed by atoms with Gasteiger partial charge >= 0.3 is 0 Å². The van der Waals surface area contributed by atoms with E-state index in [1.54, 1.807) is 18.2 Å². The molecule has 6 nitrogen and oxygen atoms in total. The molecule has 1 aromatic heterocycles. The first-order valence-electron chi connectivity index (χ1n) is 6.32. The number of benzene rings is 1. The molecule has 0 aliphatic rings. The Hall–Kier alpha value is -2.08. The van der Waals surface area contributed by atoms with E-state index in [0.29, 0.717) is 22.5 Å². The number of aromatic nitrogens is 2. The minimum atomic E-state index is -0.177. The summed E-state index contributed by atoms with van der Waals surface area (Å²) in [7, 11) is 2.04. The Morgan fingerprint density at radius 2 is 2.26 bits per heavy atom. The molecular weight excluding hydrogens is 242 g/mol. The van der Waals surface area contributed by atoms with Gasteiger partial charge < -0.3 is 16.0 Å². The molecule has 1 aromatic carbocycles. The second-order valence-corrected chi connectivity index (χ2v) is 4.51. The topological polar surface area (TPSA) is 87.0 Å². The lowest BCUT2D eigenvalue weighted by Crippen LogP contribution is -2.25. The van der Waals surface area contributed by atoms with Crippen LogP contribution in [0.2, 0.25) is 0 Å². The molecule has 6 heteroatoms. The number of fused-ring (bicyclic) bond motifs is 1. The number of likely N-dealkylation sites (N-methyl/N-ethyl adjacent to an activating group) is 1. The maximum Gasteiger partial charge on any atom is 0.260 e. The van der Waals surface area contributed by atoms with Gasteiger partial charge in [-0.05, 0) is 31.8 Å². The average molecular weight is 261 g/mol. The summed E-state index contributed by atoms with van der Waals surface area (Å²) in [4.78, 5) is 21.2. The zero-order valence-electron chi connectivity index (χ0n) is 11.2. The van der Waals surface area contributed by atoms with Crippen molar-refractivity contribution < 1.29 is 0 Å². The number of hydrogen-bond acceptors (Lipinski definition) is 5. The van der Waals surface area contributed by atoms with E-state index < -0.39 is 0 Å². The Bertz CT molecular complexity index is 622. The highest BCUT2D eigenvalue weighted by atomic mass is 16.1. The lowest BCUT2D eigenvalue weighted by atomic mass is 10.2. The van der Waals surface area contributed by atoms with E-state index in [1.807, 2.05) is 7.05 Å². The Kier molecular flexibility index (Phi) is 4.01. The van der Waals surface area contributed by atoms with Crippen molar-refractivity contribution in [3.05, 3.63) is 28.6 Å². The molecule has 2 rings (SSSR count). The van der Waals surface area contributed by atoms with Gasteiger partial charge in [-0.15, -0.1) is 0 Å². The highest BCUT2D eigenvalue weighted by Gasteiger charge is 2.04. The van der Waals surface area contributed by atoms with Gasteiger partial charge in [-0.2, -0.15) is 0 Å². The molecule has 102 valence electrons. The predicted octanol–water partition coefficient (Wildman–Crippen LogP) is 0.869. The number of nitrogens with zero attached hydrogens (tertiary/aromatic N) is 2. The molecule has 0 aliphatic carbocycles. The number of H-pyrrole nitrogens is 1. The van der Waals surface area contributed by atoms with Crippen molar-refractivity contribution in [3.8, 4) is 0 Å². The summed E-state index contributed by atoms with van der Waals surface area (Å²) in [5.74, 6) is 0.492. The van der Waals surface area contributed by atoms with E-state index in [4.69, 9.17) is 5.73 Å². The maximum atomic E-state index is 11.9. The monoisotopic (exact) mass is 261 g/mol. The Balaban J connectivity index is 2.17. The number of nitrogens with two attached hydrogens (primary N) is 1. The molecule has 0 bridgehead atoms. The minimum Gasteiger partial charge on any atom is -0.399 e. The van der Waals surface area contributed by atoms with Gasteiger partial charge in [0.2, 0.25) is 5.95 Å². The van der Waals surface area contributed by atoms with Crippen LogP contribution in [0.4, 0.5) is 11.6 Å². The number of anilines is 2. The average Bonchev–Trinajstić information content (AvgIpc) is 2.39. The van der Waals surface area contributed by atoms with Gasteiger partial charge in [-0.25, -0.2) is 4.98 Å². The van der Waals surface area contributed by atoms with Crippen molar-refractivity contribution in [2.24, 2.45) is 0 Å². The Labute approximate surface area is 111 Å². The van der Waals surface area contributed by atoms with Crippen LogP contribution in [0.1, 0.15) is 6.92 Å². The quantitative estimate of drug-likeness (QED) is 0.695. The van der Waals surface area contributed by atoms with Crippen molar-refractivity contribution in [2.45, 2.75) is 6.92 Å². The second kappa shape index (κ2) is 5.71. The van der Waals surface area contributed by atoms with Crippen molar-refractivity contribution in [1.82, 2.24) is 14.9 Å². The molecule has 1 heterocycles. The van der Waals surface area contributed by atoms with Gasteiger partial charge in [0.15, 0.2) is 0 Å². The van der Waals surface area contributed by atoms with Crippen LogP contribution in [-0.4, -0.2) is 41.5 Å². The van der Waals surface area contributed by atoms with E-state index in [9.17, 15) is 4.79 Å². The van der Waals surface area contributed by atoms with E-state index in [2.05, 4.69) is 27.1 Å². The van der Waals surface area contributed by atoms with Crippen LogP contribution in [-0.2, 0) is 0 Å². The maximum absolute atomic E-state index is 11.9. The summed E-state index contributed by atoms with van der Waals surface area (Å²) in [5, 5.41) is 3.63. The first-order chi connectivity index (χ1) is 9.10. The van der Waals surface area contributed by atoms with E-state index >= 15 is 0 Å². The molecule has 0 unspecified atom stereocenters. The third-order valence-corrected chi connectivity index (χ3v) is 3.06. The zero-order valence-corrected chi connectivity index (χ0v) is 11.2. The third-order valence-electron chi connectivity index (χ3n) is 3.06. The molecule has 0 saturated carbocycles. The summed E-state index contributed by atoms with van der Waals surface area (Å²) in [6.45, 7) is 4.71. The van der Waals surface area contributed by atoms with Gasteiger partial charge in [0.1, 0.15) is 0 Å². The number of rotatable bonds is 5. The molecule has 0 atom stereocenters. The van der Waals surface area contributed by atoms with Crippen molar-refractivity contribution >= 4 is 22.5 Å². The molecule has 0 fully saturated rings. The molecule has 0 amide bonds. The summed E-state index contributed by atoms with van der Waals surface area (Å²) < 4.78 is 0. The van der Waals surface area contributed by atoms with E-state index in [1.165, 1.54) is 0 Å². The van der Waals surface area contributed by atoms with Gasteiger partial charge in [0, 0.05) is 18.8 Å². The zero-order chi connectivity index (χ0) is 13.8. The molecule has 19 heavy (non-hydrogen) atoms. The van der Waals surface area contributed by atoms with Crippen LogP contribution in [0.15, 0.2) is 23.0 Å². The van der Waals surface area contributed by atoms with Gasteiger partial charge in [-0.3, -0.25) is 9.78 Å². The lowest BCUT2D eigenvalue weighted by Gasteiger charge is -2.14. The van der Waals surface area contributed by atoms with E-state index in [0.717, 1.165) is 19.6 Å². The number of aromatic amines is 1. The number of nitrogens with one attached hydrogen (secondary N) is 2. The van der Waals surface area contributed by atoms with Gasteiger partial charge in [-0.1, -0.05) is 6.92 Å². The summed E-state index contributed by atoms with van der Waals surface area (Å²) in [6.07, 6.45) is 0. The smallest absolute Gasteiger partial charge is 0.260 e. The lowest BCUT2D eigenvalue weighted by molar-refractivity contribution is 0.367. The van der Waals surface area contributed by atoms with Crippen LogP contribution < -0.4 is 16.6 Å². The molecule has 0 radical (unpaired) electrons. The second-order valence-electron chi connectivity index (χ2n) is 4.51. The molecular formula is C13H19N5O. The number of nitrogen functional groups attached to an aromatic ring is 1. The SMILES string of the molecule is CCN(C)CCNc1nc2ccc(N)cc2c(=O)[nH]1. The fourth-order valence-corrected chi connectivity index (χ4v) is 1.76. The van der Waals surface area contributed by atoms with Gasteiger partial charge in [0.05, 0.1) is 10.9 Å². The largest absolute Gasteiger partial charge is 0.399 e. The van der Waals surface area contributed by atoms with Crippen molar-refractivity contribution in [1.29, 1.82) is 0 Å². The number of hydrogen-bond donors (Lipinski definition) is 3. The van der Waals surface area contributed by atoms with Crippen LogP contribution in [0, 0.1) is 0 Å². The fraction of sp³-hybridized carbons (Fsp3) is 0.385. The standard InChI is InChI=1S/C13H19N5O/c1-3-18(2)7-6-15-13-16-11-5-4-9(14)8-10(11)12(19)17-13/h4-5,8H,3,6-7,14H2,1-2H3,(H2,15,16,17,19).